The summed E-state index contributed by atoms with van der Waals surface area (Å²) in [6, 6.07) is 3.84. The molecule has 0 saturated heterocycles. The second-order valence-corrected chi connectivity index (χ2v) is 5.38. The minimum absolute atomic E-state index is 0.0189. The molecule has 19 heavy (non-hydrogen) atoms. The number of pyridine rings is 1. The average molecular weight is 262 g/mol. The Morgan fingerprint density at radius 1 is 1.47 bits per heavy atom. The van der Waals surface area contributed by atoms with Gasteiger partial charge < -0.3 is 10.4 Å². The van der Waals surface area contributed by atoms with Crippen LogP contribution in [0.1, 0.15) is 30.5 Å². The van der Waals surface area contributed by atoms with Gasteiger partial charge in [0.1, 0.15) is 0 Å². The van der Waals surface area contributed by atoms with E-state index in [1.165, 1.54) is 0 Å². The van der Waals surface area contributed by atoms with Gasteiger partial charge in [-0.3, -0.25) is 9.78 Å². The van der Waals surface area contributed by atoms with Crippen molar-refractivity contribution in [1.29, 1.82) is 0 Å². The molecule has 1 aliphatic rings. The summed E-state index contributed by atoms with van der Waals surface area (Å²) in [6.45, 7) is 2.88. The Balaban J connectivity index is 1.80. The summed E-state index contributed by atoms with van der Waals surface area (Å²) >= 11 is 0. The Bertz CT molecular complexity index is 434. The number of nitrogens with zero attached hydrogens (tertiary/aromatic N) is 1. The Labute approximate surface area is 114 Å². The van der Waals surface area contributed by atoms with Crippen LogP contribution in [0, 0.1) is 18.8 Å². The van der Waals surface area contributed by atoms with Crippen molar-refractivity contribution in [3.8, 4) is 0 Å². The summed E-state index contributed by atoms with van der Waals surface area (Å²) < 4.78 is 0. The molecule has 4 nitrogen and oxygen atoms in total. The monoisotopic (exact) mass is 262 g/mol. The SMILES string of the molecule is Cc1cccnc1CC(=O)NCC1CCCC1CO. The maximum atomic E-state index is 11.9. The van der Waals surface area contributed by atoms with Crippen molar-refractivity contribution in [3.05, 3.63) is 29.6 Å². The van der Waals surface area contributed by atoms with E-state index in [4.69, 9.17) is 0 Å². The van der Waals surface area contributed by atoms with Crippen molar-refractivity contribution in [2.75, 3.05) is 13.2 Å². The molecule has 0 bridgehead atoms. The van der Waals surface area contributed by atoms with Gasteiger partial charge in [-0.05, 0) is 43.2 Å². The van der Waals surface area contributed by atoms with Gasteiger partial charge in [-0.25, -0.2) is 0 Å². The highest BCUT2D eigenvalue weighted by atomic mass is 16.3. The van der Waals surface area contributed by atoms with Gasteiger partial charge in [0.15, 0.2) is 0 Å². The molecule has 0 aromatic carbocycles. The lowest BCUT2D eigenvalue weighted by Gasteiger charge is -2.17. The van der Waals surface area contributed by atoms with E-state index < -0.39 is 0 Å². The first kappa shape index (κ1) is 14.0. The molecule has 0 spiro atoms. The first-order valence-corrected chi connectivity index (χ1v) is 6.98. The fraction of sp³-hybridized carbons (Fsp3) is 0.600. The summed E-state index contributed by atoms with van der Waals surface area (Å²) in [4.78, 5) is 16.1. The number of hydrogen-bond donors (Lipinski definition) is 2. The van der Waals surface area contributed by atoms with Crippen molar-refractivity contribution in [3.63, 3.8) is 0 Å². The second-order valence-electron chi connectivity index (χ2n) is 5.38. The van der Waals surface area contributed by atoms with Crippen molar-refractivity contribution >= 4 is 5.91 Å². The maximum absolute atomic E-state index is 11.9. The van der Waals surface area contributed by atoms with Crippen molar-refractivity contribution in [2.24, 2.45) is 11.8 Å². The number of aliphatic hydroxyl groups excluding tert-OH is 1. The zero-order chi connectivity index (χ0) is 13.7. The van der Waals surface area contributed by atoms with Crippen LogP contribution in [-0.2, 0) is 11.2 Å². The third kappa shape index (κ3) is 3.77. The Hall–Kier alpha value is -1.42. The molecule has 1 aliphatic carbocycles. The Kier molecular flexibility index (Phi) is 4.91. The Morgan fingerprint density at radius 3 is 3.00 bits per heavy atom. The number of hydrogen-bond acceptors (Lipinski definition) is 3. The van der Waals surface area contributed by atoms with Crippen molar-refractivity contribution in [2.45, 2.75) is 32.6 Å². The lowest BCUT2D eigenvalue weighted by atomic mass is 9.97. The average Bonchev–Trinajstić information content (AvgIpc) is 2.86. The first-order chi connectivity index (χ1) is 9.20. The van der Waals surface area contributed by atoms with Gasteiger partial charge in [0.25, 0.3) is 0 Å². The fourth-order valence-electron chi connectivity index (χ4n) is 2.79. The van der Waals surface area contributed by atoms with Gasteiger partial charge in [-0.2, -0.15) is 0 Å². The molecule has 4 heteroatoms. The van der Waals surface area contributed by atoms with Crippen LogP contribution in [0.3, 0.4) is 0 Å². The molecule has 2 rings (SSSR count). The normalized spacial score (nSPS) is 22.4. The molecular formula is C15H22N2O2. The highest BCUT2D eigenvalue weighted by Gasteiger charge is 2.26. The van der Waals surface area contributed by atoms with Crippen LogP contribution in [0.5, 0.6) is 0 Å². The predicted molar refractivity (Wildman–Crippen MR) is 73.6 cm³/mol. The Morgan fingerprint density at radius 2 is 2.26 bits per heavy atom. The number of carbonyl (C=O) groups is 1. The molecule has 1 aromatic rings. The van der Waals surface area contributed by atoms with Crippen LogP contribution >= 0.6 is 0 Å². The summed E-state index contributed by atoms with van der Waals surface area (Å²) in [7, 11) is 0. The van der Waals surface area contributed by atoms with Gasteiger partial charge in [-0.1, -0.05) is 12.5 Å². The smallest absolute Gasteiger partial charge is 0.226 e. The molecule has 104 valence electrons. The number of amides is 1. The van der Waals surface area contributed by atoms with E-state index in [0.717, 1.165) is 30.5 Å². The number of aliphatic hydroxyl groups is 1. The van der Waals surface area contributed by atoms with Crippen LogP contribution < -0.4 is 5.32 Å². The third-order valence-electron chi connectivity index (χ3n) is 4.06. The van der Waals surface area contributed by atoms with Crippen LogP contribution in [0.2, 0.25) is 0 Å². The topological polar surface area (TPSA) is 62.2 Å². The molecule has 1 amide bonds. The number of nitrogens with one attached hydrogen (secondary N) is 1. The van der Waals surface area contributed by atoms with E-state index >= 15 is 0 Å². The van der Waals surface area contributed by atoms with E-state index in [1.54, 1.807) is 6.20 Å². The molecular weight excluding hydrogens is 240 g/mol. The van der Waals surface area contributed by atoms with Gasteiger partial charge in [0.2, 0.25) is 5.91 Å². The minimum atomic E-state index is 0.0189. The molecule has 1 saturated carbocycles. The van der Waals surface area contributed by atoms with Gasteiger partial charge >= 0.3 is 0 Å². The lowest BCUT2D eigenvalue weighted by molar-refractivity contribution is -0.120. The highest BCUT2D eigenvalue weighted by Crippen LogP contribution is 2.30. The van der Waals surface area contributed by atoms with Crippen LogP contribution in [0.15, 0.2) is 18.3 Å². The minimum Gasteiger partial charge on any atom is -0.396 e. The molecule has 1 fully saturated rings. The maximum Gasteiger partial charge on any atom is 0.226 e. The van der Waals surface area contributed by atoms with Gasteiger partial charge in [0.05, 0.1) is 12.1 Å². The van der Waals surface area contributed by atoms with E-state index in [2.05, 4.69) is 10.3 Å². The molecule has 2 atom stereocenters. The number of aryl methyl sites for hydroxylation is 1. The second kappa shape index (κ2) is 6.66. The summed E-state index contributed by atoms with van der Waals surface area (Å²) in [5.41, 5.74) is 1.89. The zero-order valence-corrected chi connectivity index (χ0v) is 11.4. The van der Waals surface area contributed by atoms with Crippen LogP contribution in [0.4, 0.5) is 0 Å². The van der Waals surface area contributed by atoms with Crippen molar-refractivity contribution in [1.82, 2.24) is 10.3 Å². The summed E-state index contributed by atoms with van der Waals surface area (Å²) in [5, 5.41) is 12.2. The van der Waals surface area contributed by atoms with E-state index in [0.29, 0.717) is 24.8 Å². The number of rotatable bonds is 5. The first-order valence-electron chi connectivity index (χ1n) is 6.98. The van der Waals surface area contributed by atoms with Crippen LogP contribution in [-0.4, -0.2) is 29.1 Å². The molecule has 1 aromatic heterocycles. The fourth-order valence-corrected chi connectivity index (χ4v) is 2.79. The van der Waals surface area contributed by atoms with E-state index in [1.807, 2.05) is 19.1 Å². The van der Waals surface area contributed by atoms with E-state index in [9.17, 15) is 9.90 Å². The van der Waals surface area contributed by atoms with Crippen molar-refractivity contribution < 1.29 is 9.90 Å². The van der Waals surface area contributed by atoms with Crippen LogP contribution in [0.25, 0.3) is 0 Å². The quantitative estimate of drug-likeness (QED) is 0.844. The summed E-state index contributed by atoms with van der Waals surface area (Å²) in [6.07, 6.45) is 5.40. The van der Waals surface area contributed by atoms with E-state index in [-0.39, 0.29) is 12.5 Å². The molecule has 2 N–H and O–H groups in total. The number of carbonyl (C=O) groups excluding carboxylic acids is 1. The standard InChI is InChI=1S/C15H22N2O2/c1-11-4-3-7-16-14(11)8-15(19)17-9-12-5-2-6-13(12)10-18/h3-4,7,12-13,18H,2,5-6,8-10H2,1H3,(H,17,19). The summed E-state index contributed by atoms with van der Waals surface area (Å²) in [5.74, 6) is 0.807. The number of aromatic nitrogens is 1. The molecule has 1 heterocycles. The van der Waals surface area contributed by atoms with Gasteiger partial charge in [-0.15, -0.1) is 0 Å². The largest absolute Gasteiger partial charge is 0.396 e. The molecule has 0 aliphatic heterocycles. The predicted octanol–water partition coefficient (Wildman–Crippen LogP) is 1.46. The van der Waals surface area contributed by atoms with Gasteiger partial charge in [0, 0.05) is 19.3 Å². The lowest BCUT2D eigenvalue weighted by Crippen LogP contribution is -2.33. The highest BCUT2D eigenvalue weighted by molar-refractivity contribution is 5.78. The third-order valence-corrected chi connectivity index (χ3v) is 4.06. The zero-order valence-electron chi connectivity index (χ0n) is 11.4. The molecule has 2 unspecified atom stereocenters. The molecule has 0 radical (unpaired) electrons.